The third-order valence-corrected chi connectivity index (χ3v) is 5.37. The van der Waals surface area contributed by atoms with Crippen LogP contribution in [0.25, 0.3) is 0 Å². The lowest BCUT2D eigenvalue weighted by Gasteiger charge is -2.08. The Morgan fingerprint density at radius 3 is 2.61 bits per heavy atom. The van der Waals surface area contributed by atoms with Gasteiger partial charge in [0.25, 0.3) is 0 Å². The minimum atomic E-state index is -3.76. The van der Waals surface area contributed by atoms with E-state index in [4.69, 9.17) is 0 Å². The third kappa shape index (κ3) is 2.92. The van der Waals surface area contributed by atoms with Crippen LogP contribution < -0.4 is 4.72 Å². The van der Waals surface area contributed by atoms with Crippen molar-refractivity contribution in [3.8, 4) is 0 Å². The predicted octanol–water partition coefficient (Wildman–Crippen LogP) is 2.91. The first-order chi connectivity index (χ1) is 8.22. The van der Waals surface area contributed by atoms with Crippen molar-refractivity contribution in [1.82, 2.24) is 4.72 Å². The molecule has 1 aliphatic rings. The average molecular weight is 336 g/mol. The zero-order valence-corrected chi connectivity index (χ0v) is 12.6. The van der Waals surface area contributed by atoms with E-state index in [9.17, 15) is 12.8 Å². The maximum absolute atomic E-state index is 13.6. The van der Waals surface area contributed by atoms with Gasteiger partial charge >= 0.3 is 0 Å². The minimum absolute atomic E-state index is 0.195. The Bertz CT molecular complexity index is 571. The lowest BCUT2D eigenvalue weighted by atomic mass is 10.1. The second-order valence-electron chi connectivity index (χ2n) is 5.32. The zero-order chi connectivity index (χ0) is 13.6. The molecule has 1 aromatic rings. The zero-order valence-electron chi connectivity index (χ0n) is 10.2. The van der Waals surface area contributed by atoms with Crippen molar-refractivity contribution in [2.45, 2.75) is 25.2 Å². The largest absolute Gasteiger partial charge is 0.243 e. The standard InChI is InChI=1S/C12H15BrFNO2S/c1-12(2)6-8(12)7-15-18(16,17)11-4-3-9(13)5-10(11)14/h3-5,8,15H,6-7H2,1-2H3. The van der Waals surface area contributed by atoms with Gasteiger partial charge in [-0.3, -0.25) is 0 Å². The van der Waals surface area contributed by atoms with Crippen LogP contribution in [-0.2, 0) is 10.0 Å². The Labute approximate surface area is 115 Å². The Balaban J connectivity index is 2.11. The van der Waals surface area contributed by atoms with Crippen molar-refractivity contribution in [3.63, 3.8) is 0 Å². The lowest BCUT2D eigenvalue weighted by Crippen LogP contribution is -2.27. The van der Waals surface area contributed by atoms with Crippen molar-refractivity contribution >= 4 is 26.0 Å². The molecule has 0 saturated heterocycles. The summed E-state index contributed by atoms with van der Waals surface area (Å²) in [6.45, 7) is 4.54. The molecule has 0 aliphatic heterocycles. The second-order valence-corrected chi connectivity index (χ2v) is 7.97. The maximum atomic E-state index is 13.6. The van der Waals surface area contributed by atoms with Crippen LogP contribution in [0.1, 0.15) is 20.3 Å². The van der Waals surface area contributed by atoms with Gasteiger partial charge in [0.05, 0.1) is 0 Å². The van der Waals surface area contributed by atoms with Gasteiger partial charge in [-0.1, -0.05) is 29.8 Å². The van der Waals surface area contributed by atoms with Crippen LogP contribution in [0.3, 0.4) is 0 Å². The summed E-state index contributed by atoms with van der Waals surface area (Å²) >= 11 is 3.09. The first kappa shape index (κ1) is 14.0. The Kier molecular flexibility index (Phi) is 3.55. The number of sulfonamides is 1. The van der Waals surface area contributed by atoms with E-state index >= 15 is 0 Å². The number of nitrogens with one attached hydrogen (secondary N) is 1. The Morgan fingerprint density at radius 2 is 2.11 bits per heavy atom. The van der Waals surface area contributed by atoms with Crippen LogP contribution in [-0.4, -0.2) is 15.0 Å². The molecule has 6 heteroatoms. The van der Waals surface area contributed by atoms with Gasteiger partial charge in [0.2, 0.25) is 10.0 Å². The Morgan fingerprint density at radius 1 is 1.50 bits per heavy atom. The SMILES string of the molecule is CC1(C)CC1CNS(=O)(=O)c1ccc(Br)cc1F. The number of hydrogen-bond acceptors (Lipinski definition) is 2. The molecule has 0 spiro atoms. The van der Waals surface area contributed by atoms with Gasteiger partial charge in [0.1, 0.15) is 10.7 Å². The van der Waals surface area contributed by atoms with Crippen molar-refractivity contribution in [2.24, 2.45) is 11.3 Å². The van der Waals surface area contributed by atoms with Gasteiger partial charge in [-0.15, -0.1) is 0 Å². The molecule has 100 valence electrons. The molecule has 0 bridgehead atoms. The van der Waals surface area contributed by atoms with Gasteiger partial charge < -0.3 is 0 Å². The second kappa shape index (κ2) is 4.58. The van der Waals surface area contributed by atoms with Crippen LogP contribution in [0.2, 0.25) is 0 Å². The molecular formula is C12H15BrFNO2S. The molecule has 1 N–H and O–H groups in total. The molecule has 0 amide bonds. The van der Waals surface area contributed by atoms with Crippen molar-refractivity contribution < 1.29 is 12.8 Å². The summed E-state index contributed by atoms with van der Waals surface area (Å²) in [5.41, 5.74) is 0.195. The van der Waals surface area contributed by atoms with E-state index in [1.54, 1.807) is 0 Å². The quantitative estimate of drug-likeness (QED) is 0.919. The van der Waals surface area contributed by atoms with Gasteiger partial charge in [0, 0.05) is 11.0 Å². The van der Waals surface area contributed by atoms with E-state index in [1.165, 1.54) is 12.1 Å². The average Bonchev–Trinajstić information content (AvgIpc) is 2.83. The topological polar surface area (TPSA) is 46.2 Å². The molecule has 1 unspecified atom stereocenters. The van der Waals surface area contributed by atoms with Crippen LogP contribution in [0.5, 0.6) is 0 Å². The van der Waals surface area contributed by atoms with Gasteiger partial charge in [-0.2, -0.15) is 0 Å². The highest BCUT2D eigenvalue weighted by Gasteiger charge is 2.45. The number of benzene rings is 1. The number of hydrogen-bond donors (Lipinski definition) is 1. The van der Waals surface area contributed by atoms with E-state index in [0.717, 1.165) is 12.5 Å². The molecule has 2 rings (SSSR count). The van der Waals surface area contributed by atoms with Crippen molar-refractivity contribution in [3.05, 3.63) is 28.5 Å². The molecule has 18 heavy (non-hydrogen) atoms. The fraction of sp³-hybridized carbons (Fsp3) is 0.500. The first-order valence-electron chi connectivity index (χ1n) is 5.67. The smallest absolute Gasteiger partial charge is 0.211 e. The van der Waals surface area contributed by atoms with E-state index in [0.29, 0.717) is 16.9 Å². The van der Waals surface area contributed by atoms with E-state index in [2.05, 4.69) is 34.5 Å². The van der Waals surface area contributed by atoms with Crippen LogP contribution >= 0.6 is 15.9 Å². The van der Waals surface area contributed by atoms with Crippen molar-refractivity contribution in [1.29, 1.82) is 0 Å². The summed E-state index contributed by atoms with van der Waals surface area (Å²) in [4.78, 5) is -0.302. The van der Waals surface area contributed by atoms with E-state index in [-0.39, 0.29) is 10.3 Å². The van der Waals surface area contributed by atoms with E-state index in [1.807, 2.05) is 0 Å². The third-order valence-electron chi connectivity index (χ3n) is 3.42. The molecular weight excluding hydrogens is 321 g/mol. The summed E-state index contributed by atoms with van der Waals surface area (Å²) in [5.74, 6) is -0.405. The number of halogens is 2. The summed E-state index contributed by atoms with van der Waals surface area (Å²) in [7, 11) is -3.76. The molecule has 0 radical (unpaired) electrons. The molecule has 1 aromatic carbocycles. The normalized spacial score (nSPS) is 21.9. The first-order valence-corrected chi connectivity index (χ1v) is 7.95. The highest BCUT2D eigenvalue weighted by Crippen LogP contribution is 2.51. The van der Waals surface area contributed by atoms with Crippen LogP contribution in [0.4, 0.5) is 4.39 Å². The van der Waals surface area contributed by atoms with E-state index < -0.39 is 15.8 Å². The van der Waals surface area contributed by atoms with Crippen LogP contribution in [0.15, 0.2) is 27.6 Å². The molecule has 0 heterocycles. The van der Waals surface area contributed by atoms with Crippen molar-refractivity contribution in [2.75, 3.05) is 6.54 Å². The molecule has 3 nitrogen and oxygen atoms in total. The van der Waals surface area contributed by atoms with Crippen LogP contribution in [0, 0.1) is 17.2 Å². The molecule has 1 atom stereocenters. The minimum Gasteiger partial charge on any atom is -0.211 e. The molecule has 1 aliphatic carbocycles. The fourth-order valence-corrected chi connectivity index (χ4v) is 3.38. The lowest BCUT2D eigenvalue weighted by molar-refractivity contribution is 0.530. The fourth-order valence-electron chi connectivity index (χ4n) is 1.91. The molecule has 1 saturated carbocycles. The number of rotatable bonds is 4. The molecule has 1 fully saturated rings. The van der Waals surface area contributed by atoms with Gasteiger partial charge in [-0.05, 0) is 36.0 Å². The predicted molar refractivity (Wildman–Crippen MR) is 71.2 cm³/mol. The van der Waals surface area contributed by atoms with Gasteiger partial charge in [0.15, 0.2) is 0 Å². The monoisotopic (exact) mass is 335 g/mol. The highest BCUT2D eigenvalue weighted by atomic mass is 79.9. The highest BCUT2D eigenvalue weighted by molar-refractivity contribution is 9.10. The Hall–Kier alpha value is -0.460. The molecule has 0 aromatic heterocycles. The summed E-state index contributed by atoms with van der Waals surface area (Å²) in [5, 5.41) is 0. The summed E-state index contributed by atoms with van der Waals surface area (Å²) in [6, 6.07) is 3.92. The summed E-state index contributed by atoms with van der Waals surface area (Å²) < 4.78 is 40.5. The van der Waals surface area contributed by atoms with Gasteiger partial charge in [-0.25, -0.2) is 17.5 Å². The summed E-state index contributed by atoms with van der Waals surface area (Å²) in [6.07, 6.45) is 0.998. The maximum Gasteiger partial charge on any atom is 0.243 e.